The third kappa shape index (κ3) is 5.45. The van der Waals surface area contributed by atoms with Gasteiger partial charge in [0.1, 0.15) is 12.4 Å². The van der Waals surface area contributed by atoms with Gasteiger partial charge in [-0.05, 0) is 52.0 Å². The number of ether oxygens (including phenoxy) is 1. The van der Waals surface area contributed by atoms with E-state index in [1.807, 2.05) is 42.5 Å². The summed E-state index contributed by atoms with van der Waals surface area (Å²) in [5.74, 6) is 1.43. The van der Waals surface area contributed by atoms with E-state index in [0.29, 0.717) is 12.5 Å². The van der Waals surface area contributed by atoms with Crippen molar-refractivity contribution >= 4 is 22.7 Å². The molecule has 0 amide bonds. The number of halogens is 1. The maximum atomic E-state index is 6.24. The van der Waals surface area contributed by atoms with Crippen molar-refractivity contribution in [1.82, 2.24) is 0 Å². The molecule has 1 nitrogen and oxygen atoms in total. The molecule has 4 aromatic rings. The van der Waals surface area contributed by atoms with Gasteiger partial charge in [0.25, 0.3) is 0 Å². The molecule has 4 aromatic carbocycles. The van der Waals surface area contributed by atoms with Crippen LogP contribution < -0.4 is 4.74 Å². The lowest BCUT2D eigenvalue weighted by molar-refractivity contribution is 0.306. The van der Waals surface area contributed by atoms with E-state index in [1.54, 1.807) is 0 Å². The zero-order valence-electron chi connectivity index (χ0n) is 17.4. The van der Waals surface area contributed by atoms with Gasteiger partial charge in [0, 0.05) is 5.88 Å². The van der Waals surface area contributed by atoms with Gasteiger partial charge in [0.05, 0.1) is 0 Å². The molecule has 0 aliphatic carbocycles. The van der Waals surface area contributed by atoms with Crippen molar-refractivity contribution in [2.75, 3.05) is 5.88 Å². The van der Waals surface area contributed by atoms with E-state index in [2.05, 4.69) is 72.8 Å². The first-order valence-corrected chi connectivity index (χ1v) is 11.1. The van der Waals surface area contributed by atoms with E-state index >= 15 is 0 Å². The smallest absolute Gasteiger partial charge is 0.119 e. The van der Waals surface area contributed by atoms with E-state index < -0.39 is 0 Å². The second kappa shape index (κ2) is 10.7. The normalized spacial score (nSPS) is 11.6. The maximum Gasteiger partial charge on any atom is 0.119 e. The quantitative estimate of drug-likeness (QED) is 0.206. The van der Waals surface area contributed by atoms with Crippen LogP contribution in [0, 0.1) is 0 Å². The van der Waals surface area contributed by atoms with Crippen molar-refractivity contribution in [3.8, 4) is 5.75 Å². The van der Waals surface area contributed by atoms with Crippen LogP contribution in [-0.2, 0) is 6.61 Å². The van der Waals surface area contributed by atoms with Crippen LogP contribution in [0.1, 0.15) is 28.7 Å². The molecule has 0 unspecified atom stereocenters. The summed E-state index contributed by atoms with van der Waals surface area (Å²) in [6.07, 6.45) is 0.794. The lowest BCUT2D eigenvalue weighted by atomic mass is 9.88. The number of hydrogen-bond donors (Lipinski definition) is 0. The van der Waals surface area contributed by atoms with Crippen molar-refractivity contribution in [2.24, 2.45) is 0 Å². The van der Waals surface area contributed by atoms with Gasteiger partial charge in [0.2, 0.25) is 0 Å². The molecule has 0 saturated heterocycles. The highest BCUT2D eigenvalue weighted by molar-refractivity contribution is 6.18. The van der Waals surface area contributed by atoms with E-state index in [4.69, 9.17) is 16.3 Å². The zero-order valence-corrected chi connectivity index (χ0v) is 18.1. The summed E-state index contributed by atoms with van der Waals surface area (Å²) in [4.78, 5) is 0. The molecule has 0 aromatic heterocycles. The Morgan fingerprint density at radius 3 is 1.68 bits per heavy atom. The van der Waals surface area contributed by atoms with Crippen LogP contribution in [0.25, 0.3) is 11.1 Å². The van der Waals surface area contributed by atoms with Crippen LogP contribution in [0.2, 0.25) is 0 Å². The first-order chi connectivity index (χ1) is 15.3. The highest BCUT2D eigenvalue weighted by Gasteiger charge is 2.14. The molecule has 0 aliphatic rings. The molecule has 0 radical (unpaired) electrons. The third-order valence-electron chi connectivity index (χ3n) is 5.22. The molecule has 0 N–H and O–H groups in total. The molecule has 4 rings (SSSR count). The highest BCUT2D eigenvalue weighted by Crippen LogP contribution is 2.35. The summed E-state index contributed by atoms with van der Waals surface area (Å²) < 4.78 is 5.99. The Kier molecular flexibility index (Phi) is 7.20. The minimum Gasteiger partial charge on any atom is -0.489 e. The molecule has 0 fully saturated rings. The summed E-state index contributed by atoms with van der Waals surface area (Å²) in [5, 5.41) is 0. The molecule has 0 spiro atoms. The number of rotatable bonds is 8. The number of alkyl halides is 1. The average molecular weight is 425 g/mol. The molecule has 154 valence electrons. The van der Waals surface area contributed by atoms with Gasteiger partial charge in [0.15, 0.2) is 0 Å². The lowest BCUT2D eigenvalue weighted by Gasteiger charge is -2.17. The van der Waals surface area contributed by atoms with Crippen molar-refractivity contribution in [2.45, 2.75) is 13.0 Å². The van der Waals surface area contributed by atoms with Crippen LogP contribution in [0.5, 0.6) is 5.75 Å². The minimum atomic E-state index is 0.559. The van der Waals surface area contributed by atoms with Crippen molar-refractivity contribution in [3.05, 3.63) is 138 Å². The monoisotopic (exact) mass is 424 g/mol. The number of allylic oxidation sites excluding steroid dienone is 1. The van der Waals surface area contributed by atoms with E-state index in [0.717, 1.165) is 23.3 Å². The van der Waals surface area contributed by atoms with Gasteiger partial charge in [-0.15, -0.1) is 11.6 Å². The van der Waals surface area contributed by atoms with Gasteiger partial charge >= 0.3 is 0 Å². The maximum absolute atomic E-state index is 6.24. The molecular formula is C29H25ClO. The van der Waals surface area contributed by atoms with Crippen LogP contribution in [0.15, 0.2) is 115 Å². The Hall–Kier alpha value is -3.29. The van der Waals surface area contributed by atoms with Crippen LogP contribution in [0.3, 0.4) is 0 Å². The fourth-order valence-corrected chi connectivity index (χ4v) is 3.92. The summed E-state index contributed by atoms with van der Waals surface area (Å²) in [5.41, 5.74) is 7.16. The molecule has 2 heteroatoms. The fraction of sp³-hybridized carbons (Fsp3) is 0.103. The van der Waals surface area contributed by atoms with Crippen LogP contribution >= 0.6 is 11.6 Å². The summed E-state index contributed by atoms with van der Waals surface area (Å²) in [7, 11) is 0. The Morgan fingerprint density at radius 2 is 1.10 bits per heavy atom. The first-order valence-electron chi connectivity index (χ1n) is 10.5. The molecular weight excluding hydrogens is 400 g/mol. The van der Waals surface area contributed by atoms with Crippen molar-refractivity contribution < 1.29 is 4.74 Å². The number of hydrogen-bond acceptors (Lipinski definition) is 1. The molecule has 0 bridgehead atoms. The Morgan fingerprint density at radius 1 is 0.581 bits per heavy atom. The highest BCUT2D eigenvalue weighted by atomic mass is 35.5. The van der Waals surface area contributed by atoms with E-state index in [-0.39, 0.29) is 0 Å². The molecule has 0 aliphatic heterocycles. The topological polar surface area (TPSA) is 9.23 Å². The molecule has 0 atom stereocenters. The predicted molar refractivity (Wildman–Crippen MR) is 131 cm³/mol. The van der Waals surface area contributed by atoms with Gasteiger partial charge in [-0.2, -0.15) is 0 Å². The predicted octanol–water partition coefficient (Wildman–Crippen LogP) is 7.85. The molecule has 0 heterocycles. The van der Waals surface area contributed by atoms with Gasteiger partial charge in [-0.25, -0.2) is 0 Å². The minimum absolute atomic E-state index is 0.559. The van der Waals surface area contributed by atoms with E-state index in [9.17, 15) is 0 Å². The SMILES string of the molecule is ClCC/C(=C(\c1ccccc1)c1ccc(OCc2ccccc2)cc1)c1ccccc1. The van der Waals surface area contributed by atoms with Crippen molar-refractivity contribution in [1.29, 1.82) is 0 Å². The van der Waals surface area contributed by atoms with Gasteiger partial charge in [-0.1, -0.05) is 103 Å². The molecule has 31 heavy (non-hydrogen) atoms. The van der Waals surface area contributed by atoms with Crippen LogP contribution in [0.4, 0.5) is 0 Å². The largest absolute Gasteiger partial charge is 0.489 e. The Balaban J connectivity index is 1.70. The Bertz CT molecular complexity index is 1100. The lowest BCUT2D eigenvalue weighted by Crippen LogP contribution is -1.98. The second-order valence-electron chi connectivity index (χ2n) is 7.32. The third-order valence-corrected chi connectivity index (χ3v) is 5.41. The first kappa shape index (κ1) is 21.0. The van der Waals surface area contributed by atoms with Crippen LogP contribution in [-0.4, -0.2) is 5.88 Å². The number of benzene rings is 4. The zero-order chi connectivity index (χ0) is 21.3. The van der Waals surface area contributed by atoms with Gasteiger partial charge in [-0.3, -0.25) is 0 Å². The summed E-state index contributed by atoms with van der Waals surface area (Å²) in [6.45, 7) is 0.559. The standard InChI is InChI=1S/C29H25ClO/c30-21-20-28(24-12-6-2-7-13-24)29(25-14-8-3-9-15-25)26-16-18-27(19-17-26)31-22-23-10-4-1-5-11-23/h1-19H,20-22H2/b29-28-. The molecule has 0 saturated carbocycles. The summed E-state index contributed by atoms with van der Waals surface area (Å²) in [6, 6.07) is 39.6. The van der Waals surface area contributed by atoms with Crippen molar-refractivity contribution in [3.63, 3.8) is 0 Å². The van der Waals surface area contributed by atoms with E-state index in [1.165, 1.54) is 22.3 Å². The average Bonchev–Trinajstić information content (AvgIpc) is 2.85. The second-order valence-corrected chi connectivity index (χ2v) is 7.70. The summed E-state index contributed by atoms with van der Waals surface area (Å²) >= 11 is 6.24. The Labute approximate surface area is 189 Å². The fourth-order valence-electron chi connectivity index (χ4n) is 3.73. The van der Waals surface area contributed by atoms with Gasteiger partial charge < -0.3 is 4.74 Å².